The number of rotatable bonds is 5. The zero-order valence-corrected chi connectivity index (χ0v) is 10.0. The first kappa shape index (κ1) is 11.8. The van der Waals surface area contributed by atoms with E-state index >= 15 is 0 Å². The SMILES string of the molecule is Cc1ccccc1Cc1nc(CCCN)no1. The van der Waals surface area contributed by atoms with Crippen molar-refractivity contribution in [3.63, 3.8) is 0 Å². The van der Waals surface area contributed by atoms with Crippen LogP contribution in [-0.4, -0.2) is 16.7 Å². The average Bonchev–Trinajstić information content (AvgIpc) is 2.77. The Balaban J connectivity index is 2.04. The maximum absolute atomic E-state index is 5.44. The van der Waals surface area contributed by atoms with Crippen LogP contribution in [0.5, 0.6) is 0 Å². The van der Waals surface area contributed by atoms with E-state index in [9.17, 15) is 0 Å². The summed E-state index contributed by atoms with van der Waals surface area (Å²) in [6.45, 7) is 2.74. The highest BCUT2D eigenvalue weighted by atomic mass is 16.5. The van der Waals surface area contributed by atoms with Crippen molar-refractivity contribution in [2.24, 2.45) is 5.73 Å². The molecule has 0 saturated carbocycles. The molecule has 0 atom stereocenters. The van der Waals surface area contributed by atoms with Gasteiger partial charge in [0.05, 0.1) is 6.42 Å². The summed E-state index contributed by atoms with van der Waals surface area (Å²) in [7, 11) is 0. The molecule has 0 aliphatic carbocycles. The summed E-state index contributed by atoms with van der Waals surface area (Å²) >= 11 is 0. The summed E-state index contributed by atoms with van der Waals surface area (Å²) in [6, 6.07) is 8.22. The second-order valence-corrected chi connectivity index (χ2v) is 4.10. The highest BCUT2D eigenvalue weighted by molar-refractivity contribution is 5.27. The minimum absolute atomic E-state index is 0.654. The molecule has 0 saturated heterocycles. The summed E-state index contributed by atoms with van der Waals surface area (Å²) in [6.07, 6.45) is 2.37. The lowest BCUT2D eigenvalue weighted by molar-refractivity contribution is 0.379. The van der Waals surface area contributed by atoms with Gasteiger partial charge >= 0.3 is 0 Å². The zero-order chi connectivity index (χ0) is 12.1. The van der Waals surface area contributed by atoms with Gasteiger partial charge in [-0.05, 0) is 31.0 Å². The number of benzene rings is 1. The maximum atomic E-state index is 5.44. The van der Waals surface area contributed by atoms with E-state index in [1.807, 2.05) is 12.1 Å². The van der Waals surface area contributed by atoms with Gasteiger partial charge in [0.2, 0.25) is 5.89 Å². The van der Waals surface area contributed by atoms with Crippen molar-refractivity contribution < 1.29 is 4.52 Å². The van der Waals surface area contributed by atoms with Crippen molar-refractivity contribution in [3.8, 4) is 0 Å². The molecule has 1 aromatic heterocycles. The lowest BCUT2D eigenvalue weighted by atomic mass is 10.1. The fraction of sp³-hybridized carbons (Fsp3) is 0.385. The van der Waals surface area contributed by atoms with Crippen LogP contribution in [0.3, 0.4) is 0 Å². The van der Waals surface area contributed by atoms with Crippen LogP contribution in [0, 0.1) is 6.92 Å². The fourth-order valence-corrected chi connectivity index (χ4v) is 1.70. The third-order valence-corrected chi connectivity index (χ3v) is 2.72. The van der Waals surface area contributed by atoms with Gasteiger partial charge in [0.15, 0.2) is 5.82 Å². The van der Waals surface area contributed by atoms with Crippen LogP contribution < -0.4 is 5.73 Å². The van der Waals surface area contributed by atoms with Crippen molar-refractivity contribution in [2.45, 2.75) is 26.2 Å². The quantitative estimate of drug-likeness (QED) is 0.853. The predicted octanol–water partition coefficient (Wildman–Crippen LogP) is 1.86. The number of hydrogen-bond donors (Lipinski definition) is 1. The summed E-state index contributed by atoms with van der Waals surface area (Å²) in [5.41, 5.74) is 7.91. The molecule has 4 heteroatoms. The highest BCUT2D eigenvalue weighted by Gasteiger charge is 2.07. The Morgan fingerprint density at radius 3 is 2.88 bits per heavy atom. The molecule has 1 heterocycles. The Morgan fingerprint density at radius 1 is 1.29 bits per heavy atom. The molecule has 2 N–H and O–H groups in total. The molecule has 4 nitrogen and oxygen atoms in total. The van der Waals surface area contributed by atoms with Crippen LogP contribution in [0.1, 0.15) is 29.3 Å². The van der Waals surface area contributed by atoms with Gasteiger partial charge in [0, 0.05) is 6.42 Å². The molecule has 0 bridgehead atoms. The topological polar surface area (TPSA) is 64.9 Å². The summed E-state index contributed by atoms with van der Waals surface area (Å²) in [5, 5.41) is 3.94. The van der Waals surface area contributed by atoms with Gasteiger partial charge < -0.3 is 10.3 Å². The van der Waals surface area contributed by atoms with Crippen molar-refractivity contribution in [3.05, 3.63) is 47.1 Å². The smallest absolute Gasteiger partial charge is 0.231 e. The van der Waals surface area contributed by atoms with Crippen LogP contribution in [0.25, 0.3) is 0 Å². The van der Waals surface area contributed by atoms with Gasteiger partial charge in [-0.3, -0.25) is 0 Å². The molecule has 0 spiro atoms. The van der Waals surface area contributed by atoms with E-state index in [1.165, 1.54) is 11.1 Å². The van der Waals surface area contributed by atoms with Crippen molar-refractivity contribution in [1.29, 1.82) is 0 Å². The first-order valence-electron chi connectivity index (χ1n) is 5.85. The Kier molecular flexibility index (Phi) is 3.88. The van der Waals surface area contributed by atoms with E-state index < -0.39 is 0 Å². The maximum Gasteiger partial charge on any atom is 0.231 e. The molecule has 0 unspecified atom stereocenters. The number of aryl methyl sites for hydroxylation is 2. The molecule has 0 amide bonds. The zero-order valence-electron chi connectivity index (χ0n) is 10.0. The van der Waals surface area contributed by atoms with E-state index in [2.05, 4.69) is 29.2 Å². The van der Waals surface area contributed by atoms with Crippen molar-refractivity contribution in [2.75, 3.05) is 6.54 Å². The molecule has 2 aromatic rings. The third-order valence-electron chi connectivity index (χ3n) is 2.72. The summed E-state index contributed by atoms with van der Waals surface area (Å²) in [4.78, 5) is 4.35. The Hall–Kier alpha value is -1.68. The first-order chi connectivity index (χ1) is 8.29. The predicted molar refractivity (Wildman–Crippen MR) is 65.7 cm³/mol. The van der Waals surface area contributed by atoms with E-state index in [1.54, 1.807) is 0 Å². The highest BCUT2D eigenvalue weighted by Crippen LogP contribution is 2.12. The van der Waals surface area contributed by atoms with Crippen LogP contribution in [0.15, 0.2) is 28.8 Å². The van der Waals surface area contributed by atoms with E-state index in [4.69, 9.17) is 10.3 Å². The lowest BCUT2D eigenvalue weighted by Crippen LogP contribution is -2.01. The molecule has 0 radical (unpaired) electrons. The molecule has 0 aliphatic heterocycles. The minimum atomic E-state index is 0.654. The molecule has 17 heavy (non-hydrogen) atoms. The van der Waals surface area contributed by atoms with Crippen molar-refractivity contribution >= 4 is 0 Å². The number of hydrogen-bond acceptors (Lipinski definition) is 4. The standard InChI is InChI=1S/C13H17N3O/c1-10-5-2-3-6-11(10)9-13-15-12(16-17-13)7-4-8-14/h2-3,5-6H,4,7-9,14H2,1H3. The number of aromatic nitrogens is 2. The van der Waals surface area contributed by atoms with E-state index in [0.717, 1.165) is 18.7 Å². The number of nitrogens with two attached hydrogens (primary N) is 1. The average molecular weight is 231 g/mol. The third kappa shape index (κ3) is 3.14. The van der Waals surface area contributed by atoms with Crippen molar-refractivity contribution in [1.82, 2.24) is 10.1 Å². The van der Waals surface area contributed by atoms with Gasteiger partial charge in [-0.25, -0.2) is 0 Å². The minimum Gasteiger partial charge on any atom is -0.339 e. The molecule has 0 fully saturated rings. The number of nitrogens with zero attached hydrogens (tertiary/aromatic N) is 2. The second kappa shape index (κ2) is 5.59. The molecule has 2 rings (SSSR count). The lowest BCUT2D eigenvalue weighted by Gasteiger charge is -2.00. The second-order valence-electron chi connectivity index (χ2n) is 4.10. The van der Waals surface area contributed by atoms with Crippen LogP contribution in [-0.2, 0) is 12.8 Å². The molecule has 0 aliphatic rings. The van der Waals surface area contributed by atoms with Crippen LogP contribution in [0.2, 0.25) is 0 Å². The molecular weight excluding hydrogens is 214 g/mol. The van der Waals surface area contributed by atoms with Gasteiger partial charge in [0.1, 0.15) is 0 Å². The van der Waals surface area contributed by atoms with Gasteiger partial charge in [-0.15, -0.1) is 0 Å². The van der Waals surface area contributed by atoms with E-state index in [-0.39, 0.29) is 0 Å². The van der Waals surface area contributed by atoms with E-state index in [0.29, 0.717) is 18.9 Å². The van der Waals surface area contributed by atoms with Gasteiger partial charge in [-0.1, -0.05) is 29.4 Å². The molecule has 1 aromatic carbocycles. The summed E-state index contributed by atoms with van der Waals surface area (Å²) < 4.78 is 5.22. The molecular formula is C13H17N3O. The summed E-state index contributed by atoms with van der Waals surface area (Å²) in [5.74, 6) is 1.42. The monoisotopic (exact) mass is 231 g/mol. The van der Waals surface area contributed by atoms with Crippen LogP contribution in [0.4, 0.5) is 0 Å². The largest absolute Gasteiger partial charge is 0.339 e. The van der Waals surface area contributed by atoms with Gasteiger partial charge in [-0.2, -0.15) is 4.98 Å². The van der Waals surface area contributed by atoms with Crippen LogP contribution >= 0.6 is 0 Å². The normalized spacial score (nSPS) is 10.7. The molecule has 90 valence electrons. The van der Waals surface area contributed by atoms with Gasteiger partial charge in [0.25, 0.3) is 0 Å². The first-order valence-corrected chi connectivity index (χ1v) is 5.85. The Labute approximate surface area is 101 Å². The Bertz CT molecular complexity index is 479. The Morgan fingerprint density at radius 2 is 2.12 bits per heavy atom. The fourth-order valence-electron chi connectivity index (χ4n) is 1.70.